The van der Waals surface area contributed by atoms with E-state index in [1.54, 1.807) is 6.08 Å². The van der Waals surface area contributed by atoms with Crippen LogP contribution >= 0.6 is 0 Å². The van der Waals surface area contributed by atoms with Gasteiger partial charge in [-0.1, -0.05) is 62.9 Å². The molecule has 1 saturated carbocycles. The zero-order valence-electron chi connectivity index (χ0n) is 13.9. The van der Waals surface area contributed by atoms with Crippen LogP contribution in [0.3, 0.4) is 0 Å². The third kappa shape index (κ3) is 5.68. The lowest BCUT2D eigenvalue weighted by Crippen LogP contribution is -2.15. The molecule has 0 atom stereocenters. The topological polar surface area (TPSA) is 23.8 Å². The summed E-state index contributed by atoms with van der Waals surface area (Å²) < 4.78 is 0. The van der Waals surface area contributed by atoms with Crippen molar-refractivity contribution in [2.45, 2.75) is 64.7 Å². The summed E-state index contributed by atoms with van der Waals surface area (Å²) in [5.74, 6) is 1.82. The Bertz CT molecular complexity index is 484. The zero-order valence-corrected chi connectivity index (χ0v) is 13.9. The highest BCUT2D eigenvalue weighted by Gasteiger charge is 2.20. The molecule has 1 aliphatic carbocycles. The van der Waals surface area contributed by atoms with Crippen LogP contribution in [0.5, 0.6) is 0 Å². The molecule has 118 valence electrons. The normalized spacial score (nSPS) is 21.8. The molecule has 1 aliphatic rings. The summed E-state index contributed by atoms with van der Waals surface area (Å²) in [5.41, 5.74) is 2.94. The van der Waals surface area contributed by atoms with Crippen molar-refractivity contribution in [1.29, 1.82) is 5.26 Å². The lowest BCUT2D eigenvalue weighted by Gasteiger charge is -2.28. The quantitative estimate of drug-likeness (QED) is 0.579. The highest BCUT2D eigenvalue weighted by atomic mass is 14.3. The molecular formula is C21H29N. The molecule has 0 saturated heterocycles. The number of nitrogens with zero attached hydrogens (tertiary/aromatic N) is 1. The van der Waals surface area contributed by atoms with E-state index in [-0.39, 0.29) is 0 Å². The van der Waals surface area contributed by atoms with Gasteiger partial charge in [-0.2, -0.15) is 5.26 Å². The van der Waals surface area contributed by atoms with Gasteiger partial charge in [0.05, 0.1) is 6.07 Å². The van der Waals surface area contributed by atoms with Crippen molar-refractivity contribution in [1.82, 2.24) is 0 Å². The summed E-state index contributed by atoms with van der Waals surface area (Å²) in [7, 11) is 0. The van der Waals surface area contributed by atoms with Crippen molar-refractivity contribution in [3.05, 3.63) is 47.5 Å². The SMILES string of the molecule is CCc1ccc(CC[C@H]2CC[C@H](CCC=CC#N)CC2)cc1. The van der Waals surface area contributed by atoms with E-state index < -0.39 is 0 Å². The maximum absolute atomic E-state index is 8.48. The van der Waals surface area contributed by atoms with Gasteiger partial charge in [-0.3, -0.25) is 0 Å². The van der Waals surface area contributed by atoms with Crippen LogP contribution in [0.15, 0.2) is 36.4 Å². The first-order chi connectivity index (χ1) is 10.8. The Balaban J connectivity index is 1.64. The number of benzene rings is 1. The highest BCUT2D eigenvalue weighted by Crippen LogP contribution is 2.34. The Labute approximate surface area is 136 Å². The number of nitriles is 1. The van der Waals surface area contributed by atoms with Gasteiger partial charge >= 0.3 is 0 Å². The maximum Gasteiger partial charge on any atom is 0.0908 e. The molecule has 0 aromatic heterocycles. The van der Waals surface area contributed by atoms with E-state index in [0.717, 1.165) is 24.7 Å². The van der Waals surface area contributed by atoms with E-state index in [2.05, 4.69) is 37.3 Å². The van der Waals surface area contributed by atoms with E-state index in [9.17, 15) is 0 Å². The maximum atomic E-state index is 8.48. The van der Waals surface area contributed by atoms with Gasteiger partial charge in [0.2, 0.25) is 0 Å². The minimum absolute atomic E-state index is 0.892. The molecule has 0 amide bonds. The third-order valence-corrected chi connectivity index (χ3v) is 5.17. The predicted molar refractivity (Wildman–Crippen MR) is 93.6 cm³/mol. The smallest absolute Gasteiger partial charge is 0.0908 e. The summed E-state index contributed by atoms with van der Waals surface area (Å²) >= 11 is 0. The molecule has 22 heavy (non-hydrogen) atoms. The van der Waals surface area contributed by atoms with E-state index >= 15 is 0 Å². The second kappa shape index (κ2) is 9.46. The monoisotopic (exact) mass is 295 g/mol. The first-order valence-electron chi connectivity index (χ1n) is 8.94. The molecule has 0 heterocycles. The van der Waals surface area contributed by atoms with Gasteiger partial charge in [0.15, 0.2) is 0 Å². The zero-order chi connectivity index (χ0) is 15.6. The van der Waals surface area contributed by atoms with Crippen molar-refractivity contribution in [2.75, 3.05) is 0 Å². The number of aryl methyl sites for hydroxylation is 2. The van der Waals surface area contributed by atoms with Gasteiger partial charge in [0.25, 0.3) is 0 Å². The molecular weight excluding hydrogens is 266 g/mol. The molecule has 2 rings (SSSR count). The Morgan fingerprint density at radius 1 is 1.00 bits per heavy atom. The van der Waals surface area contributed by atoms with Gasteiger partial charge in [-0.25, -0.2) is 0 Å². The fourth-order valence-electron chi connectivity index (χ4n) is 3.59. The Hall–Kier alpha value is -1.55. The summed E-state index contributed by atoms with van der Waals surface area (Å²) in [6.07, 6.45) is 15.3. The van der Waals surface area contributed by atoms with Gasteiger partial charge in [-0.05, 0) is 55.1 Å². The number of allylic oxidation sites excluding steroid dienone is 2. The van der Waals surface area contributed by atoms with Crippen LogP contribution in [0.25, 0.3) is 0 Å². The fourth-order valence-corrected chi connectivity index (χ4v) is 3.59. The molecule has 0 spiro atoms. The molecule has 1 aromatic rings. The number of hydrogen-bond acceptors (Lipinski definition) is 1. The lowest BCUT2D eigenvalue weighted by atomic mass is 9.78. The van der Waals surface area contributed by atoms with Gasteiger partial charge in [0.1, 0.15) is 0 Å². The standard InChI is InChI=1S/C21H29N/c1-2-18-7-9-20(10-8-18)15-16-21-13-11-19(12-14-21)6-4-3-5-17-22/h3,5,7-10,19,21H,2,4,6,11-16H2,1H3/t19-,21-. The van der Waals surface area contributed by atoms with E-state index in [0.29, 0.717) is 0 Å². The Morgan fingerprint density at radius 2 is 1.59 bits per heavy atom. The van der Waals surface area contributed by atoms with Crippen LogP contribution < -0.4 is 0 Å². The van der Waals surface area contributed by atoms with Crippen molar-refractivity contribution in [2.24, 2.45) is 11.8 Å². The van der Waals surface area contributed by atoms with Crippen LogP contribution in [0.1, 0.15) is 63.0 Å². The Kier molecular flexibility index (Phi) is 7.23. The van der Waals surface area contributed by atoms with Gasteiger partial charge in [0, 0.05) is 6.08 Å². The van der Waals surface area contributed by atoms with Crippen LogP contribution in [0, 0.1) is 23.2 Å². The Morgan fingerprint density at radius 3 is 2.18 bits per heavy atom. The minimum Gasteiger partial charge on any atom is -0.193 e. The second-order valence-electron chi connectivity index (χ2n) is 6.70. The predicted octanol–water partition coefficient (Wildman–Crippen LogP) is 5.85. The molecule has 0 bridgehead atoms. The van der Waals surface area contributed by atoms with Crippen molar-refractivity contribution >= 4 is 0 Å². The van der Waals surface area contributed by atoms with E-state index in [4.69, 9.17) is 5.26 Å². The summed E-state index contributed by atoms with van der Waals surface area (Å²) in [5, 5.41) is 8.48. The summed E-state index contributed by atoms with van der Waals surface area (Å²) in [6.45, 7) is 2.21. The molecule has 1 aromatic carbocycles. The third-order valence-electron chi connectivity index (χ3n) is 5.17. The first kappa shape index (κ1) is 16.8. The largest absolute Gasteiger partial charge is 0.193 e. The minimum atomic E-state index is 0.892. The second-order valence-corrected chi connectivity index (χ2v) is 6.70. The van der Waals surface area contributed by atoms with Crippen LogP contribution in [-0.2, 0) is 12.8 Å². The van der Waals surface area contributed by atoms with Crippen molar-refractivity contribution < 1.29 is 0 Å². The molecule has 1 heteroatoms. The first-order valence-corrected chi connectivity index (χ1v) is 8.94. The van der Waals surface area contributed by atoms with Gasteiger partial charge < -0.3 is 0 Å². The van der Waals surface area contributed by atoms with Crippen molar-refractivity contribution in [3.8, 4) is 6.07 Å². The van der Waals surface area contributed by atoms with Crippen LogP contribution in [0.2, 0.25) is 0 Å². The molecule has 1 nitrogen and oxygen atoms in total. The number of rotatable bonds is 7. The van der Waals surface area contributed by atoms with Crippen LogP contribution in [-0.4, -0.2) is 0 Å². The molecule has 0 N–H and O–H groups in total. The van der Waals surface area contributed by atoms with Crippen LogP contribution in [0.4, 0.5) is 0 Å². The molecule has 0 aliphatic heterocycles. The molecule has 1 fully saturated rings. The number of hydrogen-bond donors (Lipinski definition) is 0. The van der Waals surface area contributed by atoms with Crippen molar-refractivity contribution in [3.63, 3.8) is 0 Å². The van der Waals surface area contributed by atoms with E-state index in [1.165, 1.54) is 56.1 Å². The average Bonchev–Trinajstić information content (AvgIpc) is 2.58. The summed E-state index contributed by atoms with van der Waals surface area (Å²) in [4.78, 5) is 0. The molecule has 0 unspecified atom stereocenters. The van der Waals surface area contributed by atoms with Gasteiger partial charge in [-0.15, -0.1) is 0 Å². The lowest BCUT2D eigenvalue weighted by molar-refractivity contribution is 0.254. The van der Waals surface area contributed by atoms with E-state index in [1.807, 2.05) is 6.08 Å². The fraction of sp³-hybridized carbons (Fsp3) is 0.571. The summed E-state index contributed by atoms with van der Waals surface area (Å²) in [6, 6.07) is 11.3. The average molecular weight is 295 g/mol. The molecule has 0 radical (unpaired) electrons. The highest BCUT2D eigenvalue weighted by molar-refractivity contribution is 5.22.